The van der Waals surface area contributed by atoms with Crippen molar-refractivity contribution in [2.24, 2.45) is 0 Å². The molecule has 0 amide bonds. The van der Waals surface area contributed by atoms with E-state index in [9.17, 15) is 0 Å². The Morgan fingerprint density at radius 1 is 0.265 bits per heavy atom. The Kier molecular flexibility index (Phi) is 4.25. The Labute approximate surface area is 198 Å². The summed E-state index contributed by atoms with van der Waals surface area (Å²) in [5, 5.41) is 10.3. The fourth-order valence-corrected chi connectivity index (χ4v) is 5.27. The first-order valence-electron chi connectivity index (χ1n) is 11.8. The van der Waals surface area contributed by atoms with Crippen LogP contribution in [0.4, 0.5) is 0 Å². The quantitative estimate of drug-likeness (QED) is 0.239. The molecule has 0 fully saturated rings. The second kappa shape index (κ2) is 7.57. The highest BCUT2D eigenvalue weighted by Crippen LogP contribution is 2.40. The number of hydrogen-bond acceptors (Lipinski definition) is 0. The van der Waals surface area contributed by atoms with Crippen molar-refractivity contribution in [3.63, 3.8) is 0 Å². The van der Waals surface area contributed by atoms with Crippen molar-refractivity contribution >= 4 is 43.1 Å². The minimum atomic E-state index is 1.24. The molecule has 34 heavy (non-hydrogen) atoms. The SMILES string of the molecule is c1ccc(-c2ccc(-c3c4cc5ccccc5cc4cc4cc5ccccc5cc34)cc2)cc1. The van der Waals surface area contributed by atoms with E-state index in [1.54, 1.807) is 0 Å². The van der Waals surface area contributed by atoms with Gasteiger partial charge in [0.2, 0.25) is 0 Å². The Hall–Kier alpha value is -4.42. The maximum atomic E-state index is 2.36. The third kappa shape index (κ3) is 3.08. The lowest BCUT2D eigenvalue weighted by atomic mass is 9.88. The first-order chi connectivity index (χ1) is 16.8. The summed E-state index contributed by atoms with van der Waals surface area (Å²) in [5.41, 5.74) is 5.04. The molecule has 0 heterocycles. The van der Waals surface area contributed by atoms with Crippen LogP contribution >= 0.6 is 0 Å². The summed E-state index contributed by atoms with van der Waals surface area (Å²) < 4.78 is 0. The summed E-state index contributed by atoms with van der Waals surface area (Å²) >= 11 is 0. The molecule has 7 aromatic carbocycles. The van der Waals surface area contributed by atoms with Crippen LogP contribution < -0.4 is 0 Å². The van der Waals surface area contributed by atoms with Crippen molar-refractivity contribution in [1.82, 2.24) is 0 Å². The first kappa shape index (κ1) is 19.1. The van der Waals surface area contributed by atoms with Crippen LogP contribution in [0.5, 0.6) is 0 Å². The maximum absolute atomic E-state index is 2.36. The van der Waals surface area contributed by atoms with Crippen molar-refractivity contribution in [2.75, 3.05) is 0 Å². The fraction of sp³-hybridized carbons (Fsp3) is 0. The van der Waals surface area contributed by atoms with E-state index in [0.717, 1.165) is 0 Å². The zero-order chi connectivity index (χ0) is 22.5. The molecule has 0 atom stereocenters. The zero-order valence-electron chi connectivity index (χ0n) is 18.7. The highest BCUT2D eigenvalue weighted by Gasteiger charge is 2.13. The maximum Gasteiger partial charge on any atom is -0.00264 e. The average molecular weight is 431 g/mol. The summed E-state index contributed by atoms with van der Waals surface area (Å²) in [4.78, 5) is 0. The molecule has 0 radical (unpaired) electrons. The minimum absolute atomic E-state index is 1.24. The van der Waals surface area contributed by atoms with Crippen LogP contribution in [-0.2, 0) is 0 Å². The van der Waals surface area contributed by atoms with Crippen LogP contribution in [0.2, 0.25) is 0 Å². The van der Waals surface area contributed by atoms with Crippen molar-refractivity contribution in [3.8, 4) is 22.3 Å². The summed E-state index contributed by atoms with van der Waals surface area (Å²) in [6.45, 7) is 0. The predicted octanol–water partition coefficient (Wildman–Crippen LogP) is 9.63. The molecular formula is C34H22. The van der Waals surface area contributed by atoms with Crippen LogP contribution in [0.15, 0.2) is 133 Å². The van der Waals surface area contributed by atoms with E-state index in [2.05, 4.69) is 133 Å². The van der Waals surface area contributed by atoms with Gasteiger partial charge in [-0.2, -0.15) is 0 Å². The second-order valence-electron chi connectivity index (χ2n) is 9.04. The molecule has 0 unspecified atom stereocenters. The van der Waals surface area contributed by atoms with Gasteiger partial charge in [0.25, 0.3) is 0 Å². The second-order valence-corrected chi connectivity index (χ2v) is 9.04. The zero-order valence-corrected chi connectivity index (χ0v) is 18.7. The van der Waals surface area contributed by atoms with Crippen molar-refractivity contribution in [2.45, 2.75) is 0 Å². The number of hydrogen-bond donors (Lipinski definition) is 0. The summed E-state index contributed by atoms with van der Waals surface area (Å²) in [7, 11) is 0. The molecule has 0 aliphatic carbocycles. The van der Waals surface area contributed by atoms with E-state index < -0.39 is 0 Å². The van der Waals surface area contributed by atoms with Crippen LogP contribution in [0.25, 0.3) is 65.3 Å². The molecule has 7 rings (SSSR count). The summed E-state index contributed by atoms with van der Waals surface area (Å²) in [6, 6.07) is 48.7. The highest BCUT2D eigenvalue weighted by molar-refractivity contribution is 6.18. The number of fused-ring (bicyclic) bond motifs is 4. The van der Waals surface area contributed by atoms with Crippen LogP contribution in [0.1, 0.15) is 0 Å². The van der Waals surface area contributed by atoms with E-state index >= 15 is 0 Å². The van der Waals surface area contributed by atoms with Gasteiger partial charge >= 0.3 is 0 Å². The van der Waals surface area contributed by atoms with Crippen LogP contribution in [-0.4, -0.2) is 0 Å². The normalized spacial score (nSPS) is 11.5. The van der Waals surface area contributed by atoms with Gasteiger partial charge in [-0.05, 0) is 95.7 Å². The lowest BCUT2D eigenvalue weighted by molar-refractivity contribution is 1.61. The van der Waals surface area contributed by atoms with E-state index in [0.29, 0.717) is 0 Å². The molecule has 158 valence electrons. The van der Waals surface area contributed by atoms with Crippen molar-refractivity contribution < 1.29 is 0 Å². The van der Waals surface area contributed by atoms with Gasteiger partial charge in [-0.3, -0.25) is 0 Å². The molecule has 0 aliphatic heterocycles. The molecule has 0 saturated carbocycles. The van der Waals surface area contributed by atoms with Gasteiger partial charge in [0.15, 0.2) is 0 Å². The Morgan fingerprint density at radius 3 is 1.18 bits per heavy atom. The van der Waals surface area contributed by atoms with Gasteiger partial charge in [-0.15, -0.1) is 0 Å². The number of benzene rings is 7. The predicted molar refractivity (Wildman–Crippen MR) is 147 cm³/mol. The largest absolute Gasteiger partial charge is 0.0622 e. The van der Waals surface area contributed by atoms with E-state index in [1.807, 2.05) is 0 Å². The van der Waals surface area contributed by atoms with E-state index in [-0.39, 0.29) is 0 Å². The van der Waals surface area contributed by atoms with Gasteiger partial charge in [0, 0.05) is 0 Å². The molecule has 0 aromatic heterocycles. The van der Waals surface area contributed by atoms with Crippen molar-refractivity contribution in [3.05, 3.63) is 133 Å². The lowest BCUT2D eigenvalue weighted by Gasteiger charge is -2.15. The van der Waals surface area contributed by atoms with E-state index in [1.165, 1.54) is 65.3 Å². The van der Waals surface area contributed by atoms with Gasteiger partial charge in [0.1, 0.15) is 0 Å². The van der Waals surface area contributed by atoms with Crippen molar-refractivity contribution in [1.29, 1.82) is 0 Å². The third-order valence-corrected chi connectivity index (χ3v) is 6.97. The van der Waals surface area contributed by atoms with Gasteiger partial charge in [-0.1, -0.05) is 103 Å². The molecular weight excluding hydrogens is 408 g/mol. The molecule has 0 heteroatoms. The molecule has 0 saturated heterocycles. The topological polar surface area (TPSA) is 0 Å². The molecule has 0 spiro atoms. The number of rotatable bonds is 2. The van der Waals surface area contributed by atoms with Crippen LogP contribution in [0, 0.1) is 0 Å². The molecule has 0 N–H and O–H groups in total. The Balaban J connectivity index is 1.56. The highest BCUT2D eigenvalue weighted by atomic mass is 14.2. The Morgan fingerprint density at radius 2 is 0.647 bits per heavy atom. The van der Waals surface area contributed by atoms with Crippen LogP contribution in [0.3, 0.4) is 0 Å². The standard InChI is InChI=1S/C34H22/c1-2-8-23(9-3-1)24-14-16-25(17-15-24)34-32-21-28-12-6-4-10-26(28)18-30(32)20-31-19-27-11-5-7-13-29(27)22-33(31)34/h1-22H. The summed E-state index contributed by atoms with van der Waals surface area (Å²) in [6.07, 6.45) is 0. The van der Waals surface area contributed by atoms with Gasteiger partial charge in [0.05, 0.1) is 0 Å². The minimum Gasteiger partial charge on any atom is -0.0622 e. The van der Waals surface area contributed by atoms with E-state index in [4.69, 9.17) is 0 Å². The molecule has 0 aliphatic rings. The summed E-state index contributed by atoms with van der Waals surface area (Å²) in [5.74, 6) is 0. The average Bonchev–Trinajstić information content (AvgIpc) is 2.90. The van der Waals surface area contributed by atoms with Gasteiger partial charge in [-0.25, -0.2) is 0 Å². The Bertz CT molecular complexity index is 1730. The molecule has 0 nitrogen and oxygen atoms in total. The smallest absolute Gasteiger partial charge is 0.00264 e. The molecule has 7 aromatic rings. The fourth-order valence-electron chi connectivity index (χ4n) is 5.27. The lowest BCUT2D eigenvalue weighted by Crippen LogP contribution is -1.88. The first-order valence-corrected chi connectivity index (χ1v) is 11.8. The monoisotopic (exact) mass is 430 g/mol. The third-order valence-electron chi connectivity index (χ3n) is 6.97. The molecule has 0 bridgehead atoms. The van der Waals surface area contributed by atoms with Gasteiger partial charge < -0.3 is 0 Å².